The van der Waals surface area contributed by atoms with Crippen LogP contribution in [-0.2, 0) is 30.0 Å². The van der Waals surface area contributed by atoms with Crippen LogP contribution in [-0.4, -0.2) is 40.3 Å². The maximum Gasteiger partial charge on any atom is 0.449 e. The molecule has 9 nitrogen and oxygen atoms in total. The Bertz CT molecular complexity index is 2160. The van der Waals surface area contributed by atoms with E-state index in [1.807, 2.05) is 0 Å². The number of fused-ring (bicyclic) bond motifs is 1. The molecule has 240 valence electrons. The van der Waals surface area contributed by atoms with E-state index >= 15 is 0 Å². The van der Waals surface area contributed by atoms with Gasteiger partial charge in [-0.25, -0.2) is 14.6 Å². The van der Waals surface area contributed by atoms with Crippen LogP contribution in [0.5, 0.6) is 0 Å². The number of carbonyl (C=O) groups excluding carboxylic acids is 1. The van der Waals surface area contributed by atoms with Gasteiger partial charge in [-0.3, -0.25) is 14.2 Å². The average Bonchev–Trinajstić information content (AvgIpc) is 3.69. The van der Waals surface area contributed by atoms with Gasteiger partial charge in [-0.05, 0) is 41.5 Å². The normalized spacial score (nSPS) is 12.8. The van der Waals surface area contributed by atoms with Crippen molar-refractivity contribution in [3.63, 3.8) is 0 Å². The van der Waals surface area contributed by atoms with Crippen molar-refractivity contribution < 1.29 is 31.1 Å². The number of halogens is 7. The van der Waals surface area contributed by atoms with E-state index in [9.17, 15) is 35.9 Å². The van der Waals surface area contributed by atoms with Crippen molar-refractivity contribution in [3.8, 4) is 16.9 Å². The summed E-state index contributed by atoms with van der Waals surface area (Å²) >= 11 is 6.18. The van der Waals surface area contributed by atoms with Gasteiger partial charge in [-0.2, -0.15) is 26.3 Å². The zero-order valence-electron chi connectivity index (χ0n) is 23.7. The number of nitrogens with one attached hydrogen (secondary N) is 1. The predicted molar refractivity (Wildman–Crippen MR) is 158 cm³/mol. The van der Waals surface area contributed by atoms with Gasteiger partial charge < -0.3 is 4.98 Å². The molecule has 1 atom stereocenters. The van der Waals surface area contributed by atoms with Crippen molar-refractivity contribution in [1.29, 1.82) is 0 Å². The van der Waals surface area contributed by atoms with Crippen molar-refractivity contribution >= 4 is 28.4 Å². The van der Waals surface area contributed by atoms with E-state index in [0.717, 1.165) is 27.2 Å². The van der Waals surface area contributed by atoms with E-state index in [4.69, 9.17) is 11.6 Å². The molecule has 0 fully saturated rings. The summed E-state index contributed by atoms with van der Waals surface area (Å²) in [4.78, 5) is 37.5. The Morgan fingerprint density at radius 3 is 2.36 bits per heavy atom. The molecule has 0 aliphatic carbocycles. The highest BCUT2D eigenvalue weighted by atomic mass is 35.5. The highest BCUT2D eigenvalue weighted by Crippen LogP contribution is 2.32. The number of benzene rings is 3. The molecule has 0 amide bonds. The predicted octanol–water partition coefficient (Wildman–Crippen LogP) is 6.65. The Morgan fingerprint density at radius 1 is 0.915 bits per heavy atom. The van der Waals surface area contributed by atoms with Crippen LogP contribution in [0.25, 0.3) is 28.0 Å². The maximum atomic E-state index is 13.8. The number of nitrogens with zero attached hydrogens (tertiary/aromatic N) is 6. The molecule has 0 radical (unpaired) electrons. The van der Waals surface area contributed by atoms with Crippen LogP contribution >= 0.6 is 11.6 Å². The van der Waals surface area contributed by atoms with E-state index < -0.39 is 41.3 Å². The Labute approximate surface area is 265 Å². The van der Waals surface area contributed by atoms with Gasteiger partial charge in [0.1, 0.15) is 6.04 Å². The molecule has 3 aromatic carbocycles. The van der Waals surface area contributed by atoms with Crippen molar-refractivity contribution in [1.82, 2.24) is 34.5 Å². The maximum absolute atomic E-state index is 13.8. The van der Waals surface area contributed by atoms with Gasteiger partial charge in [0.2, 0.25) is 5.82 Å². The van der Waals surface area contributed by atoms with Crippen molar-refractivity contribution in [2.45, 2.75) is 31.2 Å². The van der Waals surface area contributed by atoms with E-state index in [-0.39, 0.29) is 45.8 Å². The molecule has 0 spiro atoms. The van der Waals surface area contributed by atoms with Crippen LogP contribution in [0.2, 0.25) is 5.02 Å². The first-order valence-electron chi connectivity index (χ1n) is 13.8. The molecule has 0 saturated carbocycles. The molecule has 0 unspecified atom stereocenters. The number of ketones is 1. The highest BCUT2D eigenvalue weighted by molar-refractivity contribution is 6.31. The lowest BCUT2D eigenvalue weighted by molar-refractivity contribution is -0.144. The fourth-order valence-corrected chi connectivity index (χ4v) is 5.21. The van der Waals surface area contributed by atoms with Crippen LogP contribution in [0.4, 0.5) is 26.3 Å². The molecule has 1 N–H and O–H groups in total. The smallest absolute Gasteiger partial charge is 0.334 e. The Morgan fingerprint density at radius 2 is 1.68 bits per heavy atom. The lowest BCUT2D eigenvalue weighted by atomic mass is 9.97. The molecule has 0 saturated heterocycles. The van der Waals surface area contributed by atoms with Gasteiger partial charge >= 0.3 is 12.4 Å². The van der Waals surface area contributed by atoms with E-state index in [1.165, 1.54) is 36.4 Å². The van der Waals surface area contributed by atoms with Crippen LogP contribution in [0.1, 0.15) is 28.7 Å². The Balaban J connectivity index is 1.35. The molecule has 6 aromatic rings. The summed E-state index contributed by atoms with van der Waals surface area (Å²) in [6, 6.07) is 17.4. The van der Waals surface area contributed by atoms with Gasteiger partial charge in [-0.15, -0.1) is 5.10 Å². The molecule has 3 heterocycles. The van der Waals surface area contributed by atoms with Gasteiger partial charge in [0, 0.05) is 29.5 Å². The molecule has 3 aromatic heterocycles. The summed E-state index contributed by atoms with van der Waals surface area (Å²) in [5.74, 6) is -1.59. The number of alkyl halides is 6. The Hall–Kier alpha value is -5.31. The summed E-state index contributed by atoms with van der Waals surface area (Å²) in [7, 11) is 0. The topological polar surface area (TPSA) is 111 Å². The zero-order valence-corrected chi connectivity index (χ0v) is 24.5. The van der Waals surface area contributed by atoms with Gasteiger partial charge in [0.05, 0.1) is 34.9 Å². The van der Waals surface area contributed by atoms with Crippen LogP contribution in [0.15, 0.2) is 90.1 Å². The average molecular weight is 672 g/mol. The van der Waals surface area contributed by atoms with E-state index in [0.29, 0.717) is 11.8 Å². The monoisotopic (exact) mass is 671 g/mol. The van der Waals surface area contributed by atoms with Crippen LogP contribution < -0.4 is 5.56 Å². The first kappa shape index (κ1) is 31.7. The quantitative estimate of drug-likeness (QED) is 0.181. The second kappa shape index (κ2) is 12.1. The van der Waals surface area contributed by atoms with Gasteiger partial charge in [-0.1, -0.05) is 53.2 Å². The Kier molecular flexibility index (Phi) is 8.17. The van der Waals surface area contributed by atoms with Crippen molar-refractivity contribution in [3.05, 3.63) is 123 Å². The minimum atomic E-state index is -4.74. The number of hydrogen-bond acceptors (Lipinski definition) is 6. The number of aromatic nitrogens is 7. The fourth-order valence-electron chi connectivity index (χ4n) is 5.04. The number of hydrogen-bond donors (Lipinski definition) is 1. The van der Waals surface area contributed by atoms with Gasteiger partial charge in [0.25, 0.3) is 5.56 Å². The number of carbonyl (C=O) groups is 1. The van der Waals surface area contributed by atoms with E-state index in [1.54, 1.807) is 30.3 Å². The first-order valence-corrected chi connectivity index (χ1v) is 14.1. The third-order valence-corrected chi connectivity index (χ3v) is 7.51. The third-order valence-electron chi connectivity index (χ3n) is 7.27. The molecule has 0 bridgehead atoms. The number of H-pyrrole nitrogens is 1. The summed E-state index contributed by atoms with van der Waals surface area (Å²) < 4.78 is 81.0. The summed E-state index contributed by atoms with van der Waals surface area (Å²) in [6.07, 6.45) is -7.71. The number of rotatable bonds is 8. The number of aromatic amines is 1. The molecular weight excluding hydrogens is 652 g/mol. The molecule has 0 aliphatic heterocycles. The molecule has 0 aliphatic rings. The van der Waals surface area contributed by atoms with E-state index in [2.05, 4.69) is 25.3 Å². The lowest BCUT2D eigenvalue weighted by Crippen LogP contribution is -2.32. The summed E-state index contributed by atoms with van der Waals surface area (Å²) in [5, 5.41) is 6.95. The number of Topliss-reactive ketones (excluding diaryl/α,β-unsaturated/α-hetero) is 1. The fraction of sp³-hybridized carbons (Fsp3) is 0.161. The van der Waals surface area contributed by atoms with Gasteiger partial charge in [0.15, 0.2) is 11.5 Å². The SMILES string of the molecule is O=C(Cc1ccc2nc(C(F)(F)F)[nH]c2c1)[C@H](Cc1ccccc1)n1cnc(-c2cc(Cl)ccc2-n2cc(C(F)(F)F)nn2)cc1=O. The summed E-state index contributed by atoms with van der Waals surface area (Å²) in [5.41, 5.74) is -0.248. The first-order chi connectivity index (χ1) is 22.3. The highest BCUT2D eigenvalue weighted by Gasteiger charge is 2.36. The molecule has 47 heavy (non-hydrogen) atoms. The third kappa shape index (κ3) is 6.79. The second-order valence-electron chi connectivity index (χ2n) is 10.5. The second-order valence-corrected chi connectivity index (χ2v) is 10.9. The largest absolute Gasteiger partial charge is 0.449 e. The van der Waals surface area contributed by atoms with Crippen molar-refractivity contribution in [2.75, 3.05) is 0 Å². The zero-order chi connectivity index (χ0) is 33.5. The lowest BCUT2D eigenvalue weighted by Gasteiger charge is -2.19. The molecule has 16 heteroatoms. The summed E-state index contributed by atoms with van der Waals surface area (Å²) in [6.45, 7) is 0. The van der Waals surface area contributed by atoms with Crippen molar-refractivity contribution in [2.24, 2.45) is 0 Å². The van der Waals surface area contributed by atoms with Crippen LogP contribution in [0.3, 0.4) is 0 Å². The number of imidazole rings is 1. The standard InChI is InChI=1S/C31H20ClF6N7O2/c32-19-7-9-24(45-15-27(42-43-45)30(33,34)35)20(13-19)22-14-28(47)44(16-39-22)25(11-17-4-2-1-3-5-17)26(46)12-18-6-8-21-23(10-18)41-29(40-21)31(36,37)38/h1-10,13-16,25H,11-12H2,(H,40,41)/t25-/m0/s1. The molecule has 6 rings (SSSR count). The minimum Gasteiger partial charge on any atom is -0.334 e. The van der Waals surface area contributed by atoms with Crippen LogP contribution in [0, 0.1) is 0 Å². The molecular formula is C31H20ClF6N7O2. The minimum absolute atomic E-state index is 0.0453.